The Balaban J connectivity index is 2.61. The Labute approximate surface area is 104 Å². The molecule has 0 bridgehead atoms. The molecule has 0 aromatic heterocycles. The average molecular weight is 243 g/mol. The van der Waals surface area contributed by atoms with Crippen LogP contribution in [0.1, 0.15) is 39.5 Å². The first-order valence-electron chi connectivity index (χ1n) is 6.46. The van der Waals surface area contributed by atoms with Crippen molar-refractivity contribution in [3.05, 3.63) is 0 Å². The molecular formula is C13H25NO3. The molecule has 17 heavy (non-hydrogen) atoms. The summed E-state index contributed by atoms with van der Waals surface area (Å²) in [6, 6.07) is 0.0287. The Morgan fingerprint density at radius 1 is 1.24 bits per heavy atom. The largest absolute Gasteiger partial charge is 0.468 e. The summed E-state index contributed by atoms with van der Waals surface area (Å²) in [5.74, 6) is 0.0438. The predicted octanol–water partition coefficient (Wildman–Crippen LogP) is 1.73. The number of hydrogen-bond donors (Lipinski definition) is 1. The van der Waals surface area contributed by atoms with Gasteiger partial charge in [0.1, 0.15) is 6.04 Å². The van der Waals surface area contributed by atoms with Gasteiger partial charge in [-0.2, -0.15) is 0 Å². The fraction of sp³-hybridized carbons (Fsp3) is 0.923. The standard InChI is InChI=1S/C13H25NO3/c1-9(2)12(13(15)17-4)14-10-7-5-6-8-11(10)16-3/h9-12,14H,5-8H2,1-4H3/t10?,11?,12-/m0/s1. The van der Waals surface area contributed by atoms with Crippen LogP contribution in [-0.4, -0.2) is 38.4 Å². The lowest BCUT2D eigenvalue weighted by molar-refractivity contribution is -0.145. The van der Waals surface area contributed by atoms with Crippen LogP contribution in [0.15, 0.2) is 0 Å². The smallest absolute Gasteiger partial charge is 0.323 e. The van der Waals surface area contributed by atoms with Crippen molar-refractivity contribution in [3.8, 4) is 0 Å². The van der Waals surface area contributed by atoms with E-state index in [4.69, 9.17) is 9.47 Å². The molecule has 0 aromatic rings. The molecule has 0 spiro atoms. The molecule has 1 fully saturated rings. The Morgan fingerprint density at radius 2 is 1.88 bits per heavy atom. The summed E-state index contributed by atoms with van der Waals surface area (Å²) in [5, 5.41) is 3.41. The van der Waals surface area contributed by atoms with Crippen molar-refractivity contribution in [2.75, 3.05) is 14.2 Å². The zero-order valence-electron chi connectivity index (χ0n) is 11.4. The first-order valence-corrected chi connectivity index (χ1v) is 6.46. The Morgan fingerprint density at radius 3 is 2.41 bits per heavy atom. The molecule has 0 amide bonds. The predicted molar refractivity (Wildman–Crippen MR) is 66.8 cm³/mol. The lowest BCUT2D eigenvalue weighted by Gasteiger charge is -2.34. The fourth-order valence-corrected chi connectivity index (χ4v) is 2.46. The lowest BCUT2D eigenvalue weighted by atomic mass is 9.90. The van der Waals surface area contributed by atoms with Crippen LogP contribution in [0, 0.1) is 5.92 Å². The van der Waals surface area contributed by atoms with Crippen molar-refractivity contribution in [1.82, 2.24) is 5.32 Å². The van der Waals surface area contributed by atoms with Crippen molar-refractivity contribution in [1.29, 1.82) is 0 Å². The molecule has 100 valence electrons. The van der Waals surface area contributed by atoms with E-state index in [9.17, 15) is 4.79 Å². The van der Waals surface area contributed by atoms with Crippen LogP contribution in [0.25, 0.3) is 0 Å². The van der Waals surface area contributed by atoms with Crippen molar-refractivity contribution >= 4 is 5.97 Å². The highest BCUT2D eigenvalue weighted by atomic mass is 16.5. The summed E-state index contributed by atoms with van der Waals surface area (Å²) in [7, 11) is 3.18. The number of nitrogens with one attached hydrogen (secondary N) is 1. The first kappa shape index (κ1) is 14.5. The van der Waals surface area contributed by atoms with Crippen molar-refractivity contribution in [2.24, 2.45) is 5.92 Å². The third-order valence-electron chi connectivity index (χ3n) is 3.52. The van der Waals surface area contributed by atoms with Crippen molar-refractivity contribution in [2.45, 2.75) is 57.7 Å². The minimum Gasteiger partial charge on any atom is -0.468 e. The van der Waals surface area contributed by atoms with Gasteiger partial charge in [0.2, 0.25) is 0 Å². The molecule has 1 aliphatic carbocycles. The van der Waals surface area contributed by atoms with Gasteiger partial charge in [-0.25, -0.2) is 0 Å². The molecule has 1 saturated carbocycles. The highest BCUT2D eigenvalue weighted by molar-refractivity contribution is 5.76. The van der Waals surface area contributed by atoms with E-state index in [1.54, 1.807) is 7.11 Å². The first-order chi connectivity index (χ1) is 8.10. The van der Waals surface area contributed by atoms with E-state index in [2.05, 4.69) is 5.32 Å². The van der Waals surface area contributed by atoms with E-state index in [0.29, 0.717) is 0 Å². The monoisotopic (exact) mass is 243 g/mol. The van der Waals surface area contributed by atoms with Crippen molar-refractivity contribution < 1.29 is 14.3 Å². The lowest BCUT2D eigenvalue weighted by Crippen LogP contribution is -2.52. The van der Waals surface area contributed by atoms with E-state index in [-0.39, 0.29) is 30.1 Å². The van der Waals surface area contributed by atoms with Gasteiger partial charge >= 0.3 is 5.97 Å². The molecule has 1 N–H and O–H groups in total. The molecule has 4 heteroatoms. The number of methoxy groups -OCH3 is 2. The second kappa shape index (κ2) is 6.97. The summed E-state index contributed by atoms with van der Waals surface area (Å²) in [6.45, 7) is 4.05. The summed E-state index contributed by atoms with van der Waals surface area (Å²) < 4.78 is 10.3. The number of carbonyl (C=O) groups is 1. The van der Waals surface area contributed by atoms with Gasteiger partial charge in [0.25, 0.3) is 0 Å². The quantitative estimate of drug-likeness (QED) is 0.747. The minimum atomic E-state index is -0.235. The molecule has 0 aliphatic heterocycles. The second-order valence-electron chi connectivity index (χ2n) is 5.08. The Kier molecular flexibility index (Phi) is 5.92. The average Bonchev–Trinajstić information content (AvgIpc) is 2.35. The van der Waals surface area contributed by atoms with E-state index in [1.807, 2.05) is 13.8 Å². The number of rotatable bonds is 5. The molecule has 2 unspecified atom stereocenters. The van der Waals surface area contributed by atoms with E-state index in [1.165, 1.54) is 20.0 Å². The van der Waals surface area contributed by atoms with Crippen LogP contribution in [0.2, 0.25) is 0 Å². The van der Waals surface area contributed by atoms with Gasteiger partial charge in [0, 0.05) is 13.2 Å². The minimum absolute atomic E-state index is 0.180. The van der Waals surface area contributed by atoms with Gasteiger partial charge in [0.05, 0.1) is 13.2 Å². The molecule has 4 nitrogen and oxygen atoms in total. The highest BCUT2D eigenvalue weighted by Crippen LogP contribution is 2.22. The molecule has 3 atom stereocenters. The highest BCUT2D eigenvalue weighted by Gasteiger charge is 2.31. The van der Waals surface area contributed by atoms with Crippen molar-refractivity contribution in [3.63, 3.8) is 0 Å². The molecule has 1 rings (SSSR count). The van der Waals surface area contributed by atoms with Gasteiger partial charge in [0.15, 0.2) is 0 Å². The van der Waals surface area contributed by atoms with Gasteiger partial charge in [-0.3, -0.25) is 10.1 Å². The number of carbonyl (C=O) groups excluding carboxylic acids is 1. The summed E-state index contributed by atoms with van der Waals surface area (Å²) >= 11 is 0. The van der Waals surface area contributed by atoms with Gasteiger partial charge in [-0.05, 0) is 18.8 Å². The summed E-state index contributed by atoms with van der Waals surface area (Å²) in [5.41, 5.74) is 0. The number of esters is 1. The zero-order chi connectivity index (χ0) is 12.8. The normalized spacial score (nSPS) is 26.9. The Bertz CT molecular complexity index is 243. The zero-order valence-corrected chi connectivity index (χ0v) is 11.4. The van der Waals surface area contributed by atoms with Crippen LogP contribution in [0.4, 0.5) is 0 Å². The second-order valence-corrected chi connectivity index (χ2v) is 5.08. The Hall–Kier alpha value is -0.610. The van der Waals surface area contributed by atoms with E-state index >= 15 is 0 Å². The molecule has 0 heterocycles. The van der Waals surface area contributed by atoms with Gasteiger partial charge in [-0.15, -0.1) is 0 Å². The van der Waals surface area contributed by atoms with Crippen LogP contribution < -0.4 is 5.32 Å². The topological polar surface area (TPSA) is 47.6 Å². The van der Waals surface area contributed by atoms with Crippen LogP contribution in [-0.2, 0) is 14.3 Å². The number of ether oxygens (including phenoxy) is 2. The molecular weight excluding hydrogens is 218 g/mol. The molecule has 0 aromatic carbocycles. The number of hydrogen-bond acceptors (Lipinski definition) is 4. The van der Waals surface area contributed by atoms with Gasteiger partial charge < -0.3 is 9.47 Å². The molecule has 1 aliphatic rings. The fourth-order valence-electron chi connectivity index (χ4n) is 2.46. The third-order valence-corrected chi connectivity index (χ3v) is 3.52. The molecule has 0 radical (unpaired) electrons. The maximum Gasteiger partial charge on any atom is 0.323 e. The SMILES string of the molecule is COC(=O)[C@@H](NC1CCCCC1OC)C(C)C. The summed E-state index contributed by atoms with van der Waals surface area (Å²) in [6.07, 6.45) is 4.76. The van der Waals surface area contributed by atoms with Crippen LogP contribution >= 0.6 is 0 Å². The summed E-state index contributed by atoms with van der Waals surface area (Å²) in [4.78, 5) is 11.7. The molecule has 0 saturated heterocycles. The maximum atomic E-state index is 11.7. The van der Waals surface area contributed by atoms with Crippen LogP contribution in [0.5, 0.6) is 0 Å². The van der Waals surface area contributed by atoms with Gasteiger partial charge in [-0.1, -0.05) is 26.7 Å². The van der Waals surface area contributed by atoms with E-state index < -0.39 is 0 Å². The third kappa shape index (κ3) is 3.96. The van der Waals surface area contributed by atoms with Crippen LogP contribution in [0.3, 0.4) is 0 Å². The maximum absolute atomic E-state index is 11.7. The van der Waals surface area contributed by atoms with E-state index in [0.717, 1.165) is 12.8 Å².